The van der Waals surface area contributed by atoms with E-state index in [2.05, 4.69) is 5.32 Å². The number of hydrogen-bond acceptors (Lipinski definition) is 2. The zero-order chi connectivity index (χ0) is 15.2. The standard InChI is InChI=1S/C14H19F4NO/c1-3-19-11(7-5-9-14(16,17)18)13-10(15)6-4-8-12(13)20-2/h4,6,8,11,19H,3,5,7,9H2,1-2H3. The molecule has 1 aromatic rings. The van der Waals surface area contributed by atoms with Gasteiger partial charge in [-0.05, 0) is 31.5 Å². The summed E-state index contributed by atoms with van der Waals surface area (Å²) in [6, 6.07) is 3.91. The zero-order valence-electron chi connectivity index (χ0n) is 11.6. The Morgan fingerprint density at radius 1 is 1.30 bits per heavy atom. The van der Waals surface area contributed by atoms with Gasteiger partial charge in [0.25, 0.3) is 0 Å². The van der Waals surface area contributed by atoms with E-state index in [0.717, 1.165) is 0 Å². The van der Waals surface area contributed by atoms with Gasteiger partial charge in [0, 0.05) is 18.0 Å². The van der Waals surface area contributed by atoms with Gasteiger partial charge in [0.1, 0.15) is 11.6 Å². The molecule has 0 spiro atoms. The lowest BCUT2D eigenvalue weighted by atomic mass is 9.99. The van der Waals surface area contributed by atoms with Gasteiger partial charge in [-0.25, -0.2) is 4.39 Å². The number of ether oxygens (including phenoxy) is 1. The molecule has 6 heteroatoms. The Morgan fingerprint density at radius 3 is 2.55 bits per heavy atom. The molecule has 0 saturated carbocycles. The molecule has 1 N–H and O–H groups in total. The molecule has 0 bridgehead atoms. The lowest BCUT2D eigenvalue weighted by molar-refractivity contribution is -0.135. The molecule has 20 heavy (non-hydrogen) atoms. The summed E-state index contributed by atoms with van der Waals surface area (Å²) < 4.78 is 55.6. The Morgan fingerprint density at radius 2 is 2.00 bits per heavy atom. The van der Waals surface area contributed by atoms with Crippen molar-refractivity contribution in [3.63, 3.8) is 0 Å². The van der Waals surface area contributed by atoms with E-state index in [1.54, 1.807) is 6.07 Å². The highest BCUT2D eigenvalue weighted by Crippen LogP contribution is 2.32. The highest BCUT2D eigenvalue weighted by molar-refractivity contribution is 5.37. The number of methoxy groups -OCH3 is 1. The monoisotopic (exact) mass is 293 g/mol. The second-order valence-electron chi connectivity index (χ2n) is 4.47. The van der Waals surface area contributed by atoms with Crippen LogP contribution in [0.2, 0.25) is 0 Å². The van der Waals surface area contributed by atoms with E-state index in [1.165, 1.54) is 19.2 Å². The molecule has 0 aliphatic carbocycles. The van der Waals surface area contributed by atoms with Gasteiger partial charge < -0.3 is 10.1 Å². The molecule has 0 aliphatic heterocycles. The topological polar surface area (TPSA) is 21.3 Å². The van der Waals surface area contributed by atoms with Crippen LogP contribution in [0.3, 0.4) is 0 Å². The Bertz CT molecular complexity index is 420. The number of benzene rings is 1. The first kappa shape index (κ1) is 16.8. The molecule has 1 rings (SSSR count). The van der Waals surface area contributed by atoms with Crippen LogP contribution in [-0.2, 0) is 0 Å². The van der Waals surface area contributed by atoms with Gasteiger partial charge in [0.15, 0.2) is 0 Å². The van der Waals surface area contributed by atoms with Crippen LogP contribution in [0.5, 0.6) is 5.75 Å². The first-order valence-corrected chi connectivity index (χ1v) is 6.51. The Balaban J connectivity index is 2.85. The van der Waals surface area contributed by atoms with Gasteiger partial charge in [0.2, 0.25) is 0 Å². The van der Waals surface area contributed by atoms with Crippen molar-refractivity contribution in [1.29, 1.82) is 0 Å². The van der Waals surface area contributed by atoms with Gasteiger partial charge >= 0.3 is 6.18 Å². The minimum Gasteiger partial charge on any atom is -0.496 e. The van der Waals surface area contributed by atoms with Crippen molar-refractivity contribution >= 4 is 0 Å². The molecule has 1 aromatic carbocycles. The molecule has 0 saturated heterocycles. The number of hydrogen-bond donors (Lipinski definition) is 1. The average molecular weight is 293 g/mol. The smallest absolute Gasteiger partial charge is 0.389 e. The quantitative estimate of drug-likeness (QED) is 0.760. The van der Waals surface area contributed by atoms with Crippen LogP contribution in [0.15, 0.2) is 18.2 Å². The zero-order valence-corrected chi connectivity index (χ0v) is 11.6. The lowest BCUT2D eigenvalue weighted by Crippen LogP contribution is -2.23. The normalized spacial score (nSPS) is 13.3. The van der Waals surface area contributed by atoms with E-state index >= 15 is 0 Å². The van der Waals surface area contributed by atoms with E-state index in [4.69, 9.17) is 4.74 Å². The summed E-state index contributed by atoms with van der Waals surface area (Å²) in [7, 11) is 1.41. The third-order valence-electron chi connectivity index (χ3n) is 2.98. The number of rotatable bonds is 7. The SMILES string of the molecule is CCNC(CCCC(F)(F)F)c1c(F)cccc1OC. The third-order valence-corrected chi connectivity index (χ3v) is 2.98. The van der Waals surface area contributed by atoms with Gasteiger partial charge in [-0.15, -0.1) is 0 Å². The number of nitrogens with one attached hydrogen (secondary N) is 1. The van der Waals surface area contributed by atoms with Gasteiger partial charge in [-0.1, -0.05) is 13.0 Å². The fraction of sp³-hybridized carbons (Fsp3) is 0.571. The molecular formula is C14H19F4NO. The number of alkyl halides is 3. The lowest BCUT2D eigenvalue weighted by Gasteiger charge is -2.21. The van der Waals surface area contributed by atoms with Crippen molar-refractivity contribution < 1.29 is 22.3 Å². The molecule has 0 amide bonds. The Hall–Kier alpha value is -1.30. The first-order chi connectivity index (χ1) is 9.39. The Kier molecular flexibility index (Phi) is 6.26. The minimum absolute atomic E-state index is 0.0569. The van der Waals surface area contributed by atoms with E-state index in [-0.39, 0.29) is 12.8 Å². The van der Waals surface area contributed by atoms with Crippen LogP contribution in [0.4, 0.5) is 17.6 Å². The maximum Gasteiger partial charge on any atom is 0.389 e. The highest BCUT2D eigenvalue weighted by atomic mass is 19.4. The average Bonchev–Trinajstić information content (AvgIpc) is 2.36. The third kappa shape index (κ3) is 5.00. The Labute approximate surface area is 116 Å². The fourth-order valence-electron chi connectivity index (χ4n) is 2.13. The highest BCUT2D eigenvalue weighted by Gasteiger charge is 2.28. The summed E-state index contributed by atoms with van der Waals surface area (Å²) >= 11 is 0. The summed E-state index contributed by atoms with van der Waals surface area (Å²) in [5.74, 6) is -0.120. The second kappa shape index (κ2) is 7.47. The molecular weight excluding hydrogens is 274 g/mol. The molecule has 0 aliphatic rings. The van der Waals surface area contributed by atoms with Gasteiger partial charge in [-0.2, -0.15) is 13.2 Å². The summed E-state index contributed by atoms with van der Waals surface area (Å²) in [5.41, 5.74) is 0.291. The van der Waals surface area contributed by atoms with Crippen molar-refractivity contribution in [3.8, 4) is 5.75 Å². The number of halogens is 4. The largest absolute Gasteiger partial charge is 0.496 e. The summed E-state index contributed by atoms with van der Waals surface area (Å²) in [4.78, 5) is 0. The fourth-order valence-corrected chi connectivity index (χ4v) is 2.13. The minimum atomic E-state index is -4.18. The summed E-state index contributed by atoms with van der Waals surface area (Å²) in [6.45, 7) is 2.36. The maximum atomic E-state index is 13.9. The predicted molar refractivity (Wildman–Crippen MR) is 69.3 cm³/mol. The van der Waals surface area contributed by atoms with Crippen LogP contribution in [0, 0.1) is 5.82 Å². The van der Waals surface area contributed by atoms with Crippen LogP contribution < -0.4 is 10.1 Å². The second-order valence-corrected chi connectivity index (χ2v) is 4.47. The molecule has 0 radical (unpaired) electrons. The first-order valence-electron chi connectivity index (χ1n) is 6.51. The van der Waals surface area contributed by atoms with Crippen molar-refractivity contribution in [3.05, 3.63) is 29.6 Å². The van der Waals surface area contributed by atoms with Crippen molar-refractivity contribution in [1.82, 2.24) is 5.32 Å². The summed E-state index contributed by atoms with van der Waals surface area (Å²) in [5, 5.41) is 3.01. The maximum absolute atomic E-state index is 13.9. The van der Waals surface area contributed by atoms with Gasteiger partial charge in [-0.3, -0.25) is 0 Å². The molecule has 0 aromatic heterocycles. The van der Waals surface area contributed by atoms with Crippen molar-refractivity contribution in [2.24, 2.45) is 0 Å². The molecule has 0 heterocycles. The van der Waals surface area contributed by atoms with Crippen LogP contribution in [-0.4, -0.2) is 19.8 Å². The molecule has 2 nitrogen and oxygen atoms in total. The van der Waals surface area contributed by atoms with Crippen molar-refractivity contribution in [2.45, 2.75) is 38.4 Å². The van der Waals surface area contributed by atoms with Crippen LogP contribution in [0.25, 0.3) is 0 Å². The van der Waals surface area contributed by atoms with E-state index < -0.39 is 24.5 Å². The molecule has 1 unspecified atom stereocenters. The van der Waals surface area contributed by atoms with E-state index in [1.807, 2.05) is 6.92 Å². The van der Waals surface area contributed by atoms with E-state index in [0.29, 0.717) is 17.9 Å². The summed E-state index contributed by atoms with van der Waals surface area (Å²) in [6.07, 6.45) is -4.91. The van der Waals surface area contributed by atoms with Crippen LogP contribution >= 0.6 is 0 Å². The molecule has 114 valence electrons. The van der Waals surface area contributed by atoms with Crippen molar-refractivity contribution in [2.75, 3.05) is 13.7 Å². The predicted octanol–water partition coefficient (Wildman–Crippen LogP) is 4.22. The van der Waals surface area contributed by atoms with E-state index in [9.17, 15) is 17.6 Å². The molecule has 0 fully saturated rings. The van der Waals surface area contributed by atoms with Gasteiger partial charge in [0.05, 0.1) is 7.11 Å². The van der Waals surface area contributed by atoms with Crippen LogP contribution in [0.1, 0.15) is 37.8 Å². The molecule has 1 atom stereocenters.